The van der Waals surface area contributed by atoms with Crippen LogP contribution in [0.4, 0.5) is 0 Å². The van der Waals surface area contributed by atoms with Gasteiger partial charge in [0.2, 0.25) is 0 Å². The van der Waals surface area contributed by atoms with Crippen LogP contribution in [0.25, 0.3) is 11.3 Å². The van der Waals surface area contributed by atoms with E-state index in [4.69, 9.17) is 9.15 Å². The number of aliphatic imine (C=N–C) groups is 1. The first-order chi connectivity index (χ1) is 13.1. The number of oxazole rings is 1. The molecule has 3 unspecified atom stereocenters. The monoisotopic (exact) mass is 368 g/mol. The Labute approximate surface area is 160 Å². The average molecular weight is 368 g/mol. The van der Waals surface area contributed by atoms with Gasteiger partial charge in [-0.15, -0.1) is 0 Å². The van der Waals surface area contributed by atoms with Crippen molar-refractivity contribution in [3.63, 3.8) is 0 Å². The predicted octanol–water partition coefficient (Wildman–Crippen LogP) is 3.21. The number of benzene rings is 1. The highest BCUT2D eigenvalue weighted by molar-refractivity contribution is 5.80. The van der Waals surface area contributed by atoms with Crippen LogP contribution in [-0.2, 0) is 11.3 Å². The van der Waals surface area contributed by atoms with E-state index in [0.717, 1.165) is 36.0 Å². The van der Waals surface area contributed by atoms with E-state index in [1.807, 2.05) is 30.3 Å². The van der Waals surface area contributed by atoms with Crippen LogP contribution >= 0.6 is 0 Å². The van der Waals surface area contributed by atoms with E-state index in [1.54, 1.807) is 7.05 Å². The zero-order valence-electron chi connectivity index (χ0n) is 16.2. The van der Waals surface area contributed by atoms with Crippen molar-refractivity contribution in [2.24, 2.45) is 16.3 Å². The van der Waals surface area contributed by atoms with E-state index in [0.29, 0.717) is 24.6 Å². The number of aromatic nitrogens is 1. The van der Waals surface area contributed by atoms with Gasteiger partial charge in [0.25, 0.3) is 0 Å². The number of ether oxygens (including phenoxy) is 1. The van der Waals surface area contributed by atoms with Gasteiger partial charge >= 0.3 is 0 Å². The summed E-state index contributed by atoms with van der Waals surface area (Å²) in [6, 6.07) is 10.4. The number of guanidine groups is 1. The Bertz CT molecular complexity index is 800. The highest BCUT2D eigenvalue weighted by Gasteiger charge is 2.58. The van der Waals surface area contributed by atoms with E-state index in [-0.39, 0.29) is 5.41 Å². The SMILES string of the molecule is CN=C(NCc1ncoc1-c1ccccc1)NC1C2CCCOC2C1(C)C. The molecule has 0 spiro atoms. The molecule has 4 rings (SSSR count). The zero-order chi connectivity index (χ0) is 18.9. The average Bonchev–Trinajstić information content (AvgIpc) is 3.17. The van der Waals surface area contributed by atoms with Gasteiger partial charge in [-0.05, 0) is 12.8 Å². The van der Waals surface area contributed by atoms with Gasteiger partial charge < -0.3 is 19.8 Å². The molecule has 1 saturated carbocycles. The van der Waals surface area contributed by atoms with Crippen LogP contribution in [0.15, 0.2) is 46.1 Å². The quantitative estimate of drug-likeness (QED) is 0.640. The Morgan fingerprint density at radius 3 is 2.89 bits per heavy atom. The van der Waals surface area contributed by atoms with Crippen LogP contribution in [0.1, 0.15) is 32.4 Å². The van der Waals surface area contributed by atoms with E-state index < -0.39 is 0 Å². The van der Waals surface area contributed by atoms with E-state index >= 15 is 0 Å². The molecule has 0 amide bonds. The van der Waals surface area contributed by atoms with Crippen molar-refractivity contribution in [3.05, 3.63) is 42.4 Å². The van der Waals surface area contributed by atoms with Gasteiger partial charge in [0.15, 0.2) is 18.1 Å². The lowest BCUT2D eigenvalue weighted by Crippen LogP contribution is -2.71. The Kier molecular flexibility index (Phi) is 4.91. The van der Waals surface area contributed by atoms with Gasteiger partial charge in [-0.2, -0.15) is 0 Å². The second-order valence-corrected chi connectivity index (χ2v) is 7.96. The number of fused-ring (bicyclic) bond motifs is 1. The molecule has 1 aromatic heterocycles. The molecule has 1 saturated heterocycles. The second kappa shape index (κ2) is 7.35. The molecule has 1 aliphatic carbocycles. The lowest BCUT2D eigenvalue weighted by atomic mass is 9.55. The fraction of sp³-hybridized carbons (Fsp3) is 0.524. The van der Waals surface area contributed by atoms with Gasteiger partial charge in [0, 0.05) is 36.6 Å². The standard InChI is InChI=1S/C21H28N4O2/c1-21(2)18(15-10-7-11-26-19(15)21)25-20(22-3)23-12-16-17(27-13-24-16)14-8-5-4-6-9-14/h4-6,8-9,13,15,18-19H,7,10-12H2,1-3H3,(H2,22,23,25). The molecule has 0 bridgehead atoms. The molecular formula is C21H28N4O2. The van der Waals surface area contributed by atoms with Crippen molar-refractivity contribution in [2.75, 3.05) is 13.7 Å². The Balaban J connectivity index is 1.40. The lowest BCUT2D eigenvalue weighted by Gasteiger charge is -2.60. The Morgan fingerprint density at radius 1 is 1.30 bits per heavy atom. The summed E-state index contributed by atoms with van der Waals surface area (Å²) in [5.41, 5.74) is 2.00. The molecule has 27 heavy (non-hydrogen) atoms. The Hall–Kier alpha value is -2.34. The molecule has 0 radical (unpaired) electrons. The first-order valence-electron chi connectivity index (χ1n) is 9.68. The largest absolute Gasteiger partial charge is 0.443 e. The first kappa shape index (κ1) is 18.0. The van der Waals surface area contributed by atoms with Crippen molar-refractivity contribution >= 4 is 5.96 Å². The molecule has 3 atom stereocenters. The number of rotatable bonds is 4. The van der Waals surface area contributed by atoms with Gasteiger partial charge in [0.1, 0.15) is 5.69 Å². The maximum Gasteiger partial charge on any atom is 0.191 e. The number of hydrogen-bond donors (Lipinski definition) is 2. The van der Waals surface area contributed by atoms with Gasteiger partial charge in [-0.25, -0.2) is 4.98 Å². The third-order valence-electron chi connectivity index (χ3n) is 5.95. The molecule has 1 aliphatic heterocycles. The Morgan fingerprint density at radius 2 is 2.11 bits per heavy atom. The maximum absolute atomic E-state index is 6.00. The summed E-state index contributed by atoms with van der Waals surface area (Å²) in [4.78, 5) is 8.78. The topological polar surface area (TPSA) is 71.7 Å². The summed E-state index contributed by atoms with van der Waals surface area (Å²) < 4.78 is 11.6. The van der Waals surface area contributed by atoms with Gasteiger partial charge in [-0.1, -0.05) is 44.2 Å². The van der Waals surface area contributed by atoms with E-state index in [2.05, 4.69) is 34.5 Å². The molecule has 6 heteroatoms. The molecule has 2 fully saturated rings. The number of hydrogen-bond acceptors (Lipinski definition) is 4. The zero-order valence-corrected chi connectivity index (χ0v) is 16.2. The minimum Gasteiger partial charge on any atom is -0.443 e. The van der Waals surface area contributed by atoms with Gasteiger partial charge in [0.05, 0.1) is 12.6 Å². The van der Waals surface area contributed by atoms with Gasteiger partial charge in [-0.3, -0.25) is 4.99 Å². The summed E-state index contributed by atoms with van der Waals surface area (Å²) in [5.74, 6) is 2.14. The summed E-state index contributed by atoms with van der Waals surface area (Å²) >= 11 is 0. The smallest absolute Gasteiger partial charge is 0.191 e. The second-order valence-electron chi connectivity index (χ2n) is 7.96. The van der Waals surface area contributed by atoms with Crippen LogP contribution in [0, 0.1) is 11.3 Å². The van der Waals surface area contributed by atoms with Crippen molar-refractivity contribution in [2.45, 2.75) is 45.4 Å². The summed E-state index contributed by atoms with van der Waals surface area (Å²) in [6.07, 6.45) is 4.20. The fourth-order valence-electron chi connectivity index (χ4n) is 4.54. The maximum atomic E-state index is 6.00. The van der Waals surface area contributed by atoms with E-state index in [1.165, 1.54) is 12.8 Å². The summed E-state index contributed by atoms with van der Waals surface area (Å²) in [5, 5.41) is 7.00. The molecule has 144 valence electrons. The number of nitrogens with one attached hydrogen (secondary N) is 2. The summed E-state index contributed by atoms with van der Waals surface area (Å²) in [6.45, 7) is 5.99. The molecule has 1 aromatic carbocycles. The minimum absolute atomic E-state index is 0.103. The molecule has 6 nitrogen and oxygen atoms in total. The lowest BCUT2D eigenvalue weighted by molar-refractivity contribution is -0.188. The predicted molar refractivity (Wildman–Crippen MR) is 105 cm³/mol. The molecule has 2 aromatic rings. The third-order valence-corrected chi connectivity index (χ3v) is 5.95. The highest BCUT2D eigenvalue weighted by Crippen LogP contribution is 2.51. The van der Waals surface area contributed by atoms with Crippen molar-refractivity contribution in [1.82, 2.24) is 15.6 Å². The molecule has 2 heterocycles. The van der Waals surface area contributed by atoms with Crippen LogP contribution in [0.3, 0.4) is 0 Å². The van der Waals surface area contributed by atoms with Crippen LogP contribution < -0.4 is 10.6 Å². The molecule has 2 N–H and O–H groups in total. The van der Waals surface area contributed by atoms with Crippen molar-refractivity contribution in [3.8, 4) is 11.3 Å². The molecule has 2 aliphatic rings. The number of nitrogens with zero attached hydrogens (tertiary/aromatic N) is 2. The summed E-state index contributed by atoms with van der Waals surface area (Å²) in [7, 11) is 1.80. The normalized spacial score (nSPS) is 26.8. The van der Waals surface area contributed by atoms with Crippen LogP contribution in [0.5, 0.6) is 0 Å². The fourth-order valence-corrected chi connectivity index (χ4v) is 4.54. The van der Waals surface area contributed by atoms with E-state index in [9.17, 15) is 0 Å². The first-order valence-corrected chi connectivity index (χ1v) is 9.68. The van der Waals surface area contributed by atoms with Crippen LogP contribution in [-0.4, -0.2) is 36.7 Å². The van der Waals surface area contributed by atoms with Crippen LogP contribution in [0.2, 0.25) is 0 Å². The third kappa shape index (κ3) is 3.34. The minimum atomic E-state index is 0.103. The van der Waals surface area contributed by atoms with Crippen molar-refractivity contribution in [1.29, 1.82) is 0 Å². The highest BCUT2D eigenvalue weighted by atomic mass is 16.5. The molecular weight excluding hydrogens is 340 g/mol. The van der Waals surface area contributed by atoms with Crippen molar-refractivity contribution < 1.29 is 9.15 Å².